The number of benzene rings is 2. The van der Waals surface area contributed by atoms with Gasteiger partial charge in [-0.15, -0.1) is 0 Å². The van der Waals surface area contributed by atoms with E-state index in [1.165, 1.54) is 0 Å². The average molecular weight is 887 g/mol. The molecule has 0 N–H and O–H groups in total. The van der Waals surface area contributed by atoms with Gasteiger partial charge in [0.25, 0.3) is 0 Å². The molecule has 1 saturated heterocycles. The van der Waals surface area contributed by atoms with Crippen LogP contribution >= 0.6 is 12.1 Å². The summed E-state index contributed by atoms with van der Waals surface area (Å²) in [6, 6.07) is -3.27. The van der Waals surface area contributed by atoms with Crippen LogP contribution in [0.2, 0.25) is 39.3 Å². The van der Waals surface area contributed by atoms with E-state index in [2.05, 4.69) is 0 Å². The molecule has 3 rings (SSSR count). The van der Waals surface area contributed by atoms with Crippen LogP contribution in [0.15, 0.2) is 24.3 Å². The van der Waals surface area contributed by atoms with E-state index in [9.17, 15) is 79.0 Å². The molecule has 2 nitrogen and oxygen atoms in total. The van der Waals surface area contributed by atoms with Crippen molar-refractivity contribution in [3.05, 3.63) is 57.6 Å². The van der Waals surface area contributed by atoms with Crippen molar-refractivity contribution in [3.63, 3.8) is 0 Å². The zero-order valence-electron chi connectivity index (χ0n) is 24.9. The molecule has 2 aromatic rings. The summed E-state index contributed by atoms with van der Waals surface area (Å²) in [5, 5.41) is 0. The minimum atomic E-state index is -7.72. The summed E-state index contributed by atoms with van der Waals surface area (Å²) in [6.07, 6.45) is -36.8. The fourth-order valence-electron chi connectivity index (χ4n) is 5.25. The van der Waals surface area contributed by atoms with Crippen molar-refractivity contribution < 1.29 is 79.0 Å². The number of alkyl halides is 18. The predicted molar refractivity (Wildman–Crippen MR) is 146 cm³/mol. The van der Waals surface area contributed by atoms with Crippen LogP contribution in [-0.2, 0) is 37.1 Å². The Labute approximate surface area is 271 Å². The first-order chi connectivity index (χ1) is 20.9. The molecule has 48 heavy (non-hydrogen) atoms. The first-order valence-electron chi connectivity index (χ1n) is 13.0. The van der Waals surface area contributed by atoms with Crippen molar-refractivity contribution in [1.82, 2.24) is 4.38 Å². The Morgan fingerprint density at radius 2 is 0.625 bits per heavy atom. The first kappa shape index (κ1) is 41.1. The van der Waals surface area contributed by atoms with Gasteiger partial charge in [0.15, 0.2) is 0 Å². The van der Waals surface area contributed by atoms with Crippen LogP contribution in [-0.4, -0.2) is 39.8 Å². The summed E-state index contributed by atoms with van der Waals surface area (Å²) in [5.41, 5.74) is -16.3. The second-order valence-electron chi connectivity index (χ2n) is 12.6. The Balaban J connectivity index is 3.00. The topological polar surface area (TPSA) is 6.48 Å². The molecule has 1 fully saturated rings. The van der Waals surface area contributed by atoms with E-state index in [4.69, 9.17) is 0 Å². The summed E-state index contributed by atoms with van der Waals surface area (Å²) >= 11 is -7.47. The van der Waals surface area contributed by atoms with Gasteiger partial charge in [-0.3, -0.25) is 0 Å². The first-order valence-corrected chi connectivity index (χ1v) is 26.0. The Hall–Kier alpha value is -1.32. The summed E-state index contributed by atoms with van der Waals surface area (Å²) < 4.78 is 257. The molecule has 0 aliphatic carbocycles. The van der Waals surface area contributed by atoms with Crippen molar-refractivity contribution in [2.24, 2.45) is 0 Å². The maximum absolute atomic E-state index is 14.8. The number of rotatable bonds is 4. The van der Waals surface area contributed by atoms with Crippen LogP contribution in [0.3, 0.4) is 0 Å². The molecule has 0 aromatic heterocycles. The van der Waals surface area contributed by atoms with Gasteiger partial charge in [-0.2, -0.15) is 0 Å². The quantitative estimate of drug-likeness (QED) is 0.172. The minimum absolute atomic E-state index is 0.251. The summed E-state index contributed by atoms with van der Waals surface area (Å²) in [4.78, 5) is 0. The zero-order chi connectivity index (χ0) is 37.8. The van der Waals surface area contributed by atoms with Gasteiger partial charge in [-0.25, -0.2) is 0 Å². The SMILES string of the molecule is C[Si](C)(C)[N]1S[N]([Si](C)(C)C)[Sn]1([c]1c(C(F)(F)F)cc(C(F)(F)F)cc1C(F)(F)F)[c]1c(C(F)(F)F)cc(C(F)(F)F)cc1C(F)(F)F. The molecule has 1 heterocycles. The van der Waals surface area contributed by atoms with E-state index < -0.39 is 137 Å². The normalized spacial score (nSPS) is 17.9. The van der Waals surface area contributed by atoms with Gasteiger partial charge in [-0.1, -0.05) is 0 Å². The zero-order valence-corrected chi connectivity index (χ0v) is 30.6. The third-order valence-electron chi connectivity index (χ3n) is 6.82. The summed E-state index contributed by atoms with van der Waals surface area (Å²) in [5.74, 6) is 0. The Morgan fingerprint density at radius 3 is 0.771 bits per heavy atom. The molecule has 0 amide bonds. The van der Waals surface area contributed by atoms with Crippen LogP contribution in [0.4, 0.5) is 79.0 Å². The predicted octanol–water partition coefficient (Wildman–Crippen LogP) is 10.2. The fraction of sp³-hybridized carbons (Fsp3) is 0.500. The molecule has 0 unspecified atom stereocenters. The fourth-order valence-corrected chi connectivity index (χ4v) is 50.2. The van der Waals surface area contributed by atoms with E-state index in [-0.39, 0.29) is 12.1 Å². The average Bonchev–Trinajstić information content (AvgIpc) is 2.77. The van der Waals surface area contributed by atoms with Crippen LogP contribution in [0.5, 0.6) is 0 Å². The van der Waals surface area contributed by atoms with Crippen molar-refractivity contribution in [2.45, 2.75) is 76.3 Å². The summed E-state index contributed by atoms with van der Waals surface area (Å²) in [7, 11) is -7.54. The Morgan fingerprint density at radius 1 is 0.417 bits per heavy atom. The van der Waals surface area contributed by atoms with Crippen LogP contribution in [0.25, 0.3) is 0 Å². The van der Waals surface area contributed by atoms with Gasteiger partial charge in [0.2, 0.25) is 0 Å². The molecular weight excluding hydrogens is 865 g/mol. The van der Waals surface area contributed by atoms with Crippen LogP contribution < -0.4 is 7.16 Å². The maximum atomic E-state index is 14.8. The monoisotopic (exact) mass is 888 g/mol. The second kappa shape index (κ2) is 11.9. The molecule has 0 atom stereocenters. The molecule has 0 spiro atoms. The molecule has 24 heteroatoms. The number of nitrogens with zero attached hydrogens (tertiary/aromatic N) is 2. The Bertz CT molecular complexity index is 1370. The molecule has 272 valence electrons. The van der Waals surface area contributed by atoms with Gasteiger partial charge in [0.05, 0.1) is 0 Å². The van der Waals surface area contributed by atoms with E-state index >= 15 is 0 Å². The van der Waals surface area contributed by atoms with Gasteiger partial charge in [-0.05, 0) is 0 Å². The Kier molecular flexibility index (Phi) is 10.2. The van der Waals surface area contributed by atoms with Crippen LogP contribution in [0, 0.1) is 0 Å². The molecular formula is C24H22F18N2SSi2Sn. The summed E-state index contributed by atoms with van der Waals surface area (Å²) in [6.45, 7) is 6.85. The molecule has 1 aliphatic rings. The third-order valence-corrected chi connectivity index (χ3v) is 44.5. The molecule has 0 bridgehead atoms. The van der Waals surface area contributed by atoms with E-state index in [0.29, 0.717) is 4.38 Å². The van der Waals surface area contributed by atoms with E-state index in [1.54, 1.807) is 0 Å². The number of hydrogen-bond donors (Lipinski definition) is 0. The van der Waals surface area contributed by atoms with Crippen LogP contribution in [0.1, 0.15) is 33.4 Å². The van der Waals surface area contributed by atoms with Crippen molar-refractivity contribution >= 4 is 54.7 Å². The van der Waals surface area contributed by atoms with Gasteiger partial charge in [0.1, 0.15) is 0 Å². The van der Waals surface area contributed by atoms with E-state index in [1.807, 2.05) is 0 Å². The van der Waals surface area contributed by atoms with Gasteiger partial charge >= 0.3 is 272 Å². The van der Waals surface area contributed by atoms with Crippen molar-refractivity contribution in [1.29, 1.82) is 0 Å². The number of hydrogen-bond acceptors (Lipinski definition) is 3. The van der Waals surface area contributed by atoms with Gasteiger partial charge in [0, 0.05) is 0 Å². The third kappa shape index (κ3) is 7.49. The molecule has 0 radical (unpaired) electrons. The number of halogens is 18. The standard InChI is InChI=1S/2C9H2F9.C6H18N2SSi2.Sn/c2*10-7(11,12)4-1-5(8(13,14)15)3-6(2-4)9(16,17)18;1-10(2,3)7-9-8-11(4,5)6;/h2*1-2H;1-6H3;/q;;-2;+2. The molecule has 2 aromatic carbocycles. The van der Waals surface area contributed by atoms with Crippen molar-refractivity contribution in [2.75, 3.05) is 0 Å². The molecule has 1 aliphatic heterocycles. The van der Waals surface area contributed by atoms with E-state index in [0.717, 1.165) is 39.3 Å². The van der Waals surface area contributed by atoms with Crippen molar-refractivity contribution in [3.8, 4) is 0 Å². The van der Waals surface area contributed by atoms with Gasteiger partial charge < -0.3 is 0 Å². The second-order valence-corrected chi connectivity index (χ2v) is 37.3. The molecule has 0 saturated carbocycles.